The second kappa shape index (κ2) is 10.8. The molecule has 3 rings (SSSR count). The van der Waals surface area contributed by atoms with Gasteiger partial charge in [-0.15, -0.1) is 11.8 Å². The third-order valence-corrected chi connectivity index (χ3v) is 5.81. The van der Waals surface area contributed by atoms with Crippen molar-refractivity contribution in [2.24, 2.45) is 0 Å². The number of nitrogens with zero attached hydrogens (tertiary/aromatic N) is 1. The van der Waals surface area contributed by atoms with E-state index in [9.17, 15) is 9.18 Å². The van der Waals surface area contributed by atoms with Crippen molar-refractivity contribution in [3.8, 4) is 0 Å². The molecule has 0 radical (unpaired) electrons. The Morgan fingerprint density at radius 2 is 1.89 bits per heavy atom. The highest BCUT2D eigenvalue weighted by molar-refractivity contribution is 7.99. The van der Waals surface area contributed by atoms with E-state index in [1.165, 1.54) is 23.4 Å². The molecule has 1 saturated heterocycles. The Morgan fingerprint density at radius 3 is 2.64 bits per heavy atom. The predicted molar refractivity (Wildman–Crippen MR) is 112 cm³/mol. The van der Waals surface area contributed by atoms with Gasteiger partial charge in [0.25, 0.3) is 0 Å². The maximum Gasteiger partial charge on any atom is 0.230 e. The van der Waals surface area contributed by atoms with Crippen LogP contribution >= 0.6 is 23.4 Å². The third-order valence-electron chi connectivity index (χ3n) is 4.60. The van der Waals surface area contributed by atoms with Crippen molar-refractivity contribution in [3.05, 3.63) is 70.0 Å². The zero-order chi connectivity index (χ0) is 19.8. The van der Waals surface area contributed by atoms with Gasteiger partial charge in [0.2, 0.25) is 5.91 Å². The van der Waals surface area contributed by atoms with E-state index >= 15 is 0 Å². The SMILES string of the molecule is O=C(CSCc1ccc(Cl)cc1F)NCc1ccccc1CN1CCOCC1. The van der Waals surface area contributed by atoms with E-state index in [1.54, 1.807) is 12.1 Å². The van der Waals surface area contributed by atoms with Crippen molar-refractivity contribution in [2.45, 2.75) is 18.8 Å². The molecule has 0 unspecified atom stereocenters. The highest BCUT2D eigenvalue weighted by atomic mass is 35.5. The Balaban J connectivity index is 1.45. The number of morpholine rings is 1. The van der Waals surface area contributed by atoms with Gasteiger partial charge in [-0.2, -0.15) is 0 Å². The van der Waals surface area contributed by atoms with Crippen LogP contribution in [-0.2, 0) is 28.4 Å². The lowest BCUT2D eigenvalue weighted by Gasteiger charge is -2.27. The Bertz CT molecular complexity index is 800. The first-order valence-corrected chi connectivity index (χ1v) is 10.8. The Labute approximate surface area is 174 Å². The summed E-state index contributed by atoms with van der Waals surface area (Å²) in [5.74, 6) is 0.329. The summed E-state index contributed by atoms with van der Waals surface area (Å²) in [6.45, 7) is 4.75. The number of carbonyl (C=O) groups excluding carboxylic acids is 1. The first-order valence-electron chi connectivity index (χ1n) is 9.27. The van der Waals surface area contributed by atoms with E-state index in [0.717, 1.165) is 38.4 Å². The van der Waals surface area contributed by atoms with Crippen LogP contribution in [0.15, 0.2) is 42.5 Å². The zero-order valence-electron chi connectivity index (χ0n) is 15.6. The van der Waals surface area contributed by atoms with E-state index < -0.39 is 0 Å². The van der Waals surface area contributed by atoms with Crippen molar-refractivity contribution < 1.29 is 13.9 Å². The molecular formula is C21H24ClFN2O2S. The molecule has 7 heteroatoms. The summed E-state index contributed by atoms with van der Waals surface area (Å²) in [6, 6.07) is 12.8. The van der Waals surface area contributed by atoms with Gasteiger partial charge in [-0.3, -0.25) is 9.69 Å². The molecule has 1 heterocycles. The predicted octanol–water partition coefficient (Wildman–Crippen LogP) is 3.86. The average molecular weight is 423 g/mol. The summed E-state index contributed by atoms with van der Waals surface area (Å²) in [4.78, 5) is 14.5. The molecule has 1 aliphatic rings. The number of hydrogen-bond donors (Lipinski definition) is 1. The van der Waals surface area contributed by atoms with Crippen molar-refractivity contribution in [2.75, 3.05) is 32.1 Å². The van der Waals surface area contributed by atoms with Crippen LogP contribution in [0.4, 0.5) is 4.39 Å². The summed E-state index contributed by atoms with van der Waals surface area (Å²) in [5, 5.41) is 3.34. The van der Waals surface area contributed by atoms with Gasteiger partial charge in [-0.1, -0.05) is 41.9 Å². The monoisotopic (exact) mass is 422 g/mol. The molecule has 1 fully saturated rings. The van der Waals surface area contributed by atoms with Gasteiger partial charge in [-0.25, -0.2) is 4.39 Å². The topological polar surface area (TPSA) is 41.6 Å². The molecule has 2 aromatic rings. The fourth-order valence-electron chi connectivity index (χ4n) is 3.02. The minimum Gasteiger partial charge on any atom is -0.379 e. The van der Waals surface area contributed by atoms with Gasteiger partial charge in [0, 0.05) is 37.0 Å². The largest absolute Gasteiger partial charge is 0.379 e. The van der Waals surface area contributed by atoms with E-state index in [2.05, 4.69) is 16.3 Å². The number of ether oxygens (including phenoxy) is 1. The fraction of sp³-hybridized carbons (Fsp3) is 0.381. The number of rotatable bonds is 8. The van der Waals surface area contributed by atoms with E-state index in [0.29, 0.717) is 22.9 Å². The molecule has 28 heavy (non-hydrogen) atoms. The van der Waals surface area contributed by atoms with Gasteiger partial charge < -0.3 is 10.1 Å². The highest BCUT2D eigenvalue weighted by Crippen LogP contribution is 2.19. The van der Waals surface area contributed by atoms with Crippen LogP contribution in [0, 0.1) is 5.82 Å². The number of thioether (sulfide) groups is 1. The first-order chi connectivity index (χ1) is 13.6. The Hall–Kier alpha value is -1.60. The number of carbonyl (C=O) groups is 1. The number of hydrogen-bond acceptors (Lipinski definition) is 4. The van der Waals surface area contributed by atoms with Crippen LogP contribution in [0.1, 0.15) is 16.7 Å². The number of amides is 1. The summed E-state index contributed by atoms with van der Waals surface area (Å²) in [5.41, 5.74) is 2.90. The highest BCUT2D eigenvalue weighted by Gasteiger charge is 2.13. The molecular weight excluding hydrogens is 399 g/mol. The Morgan fingerprint density at radius 1 is 1.14 bits per heavy atom. The summed E-state index contributed by atoms with van der Waals surface area (Å²) >= 11 is 7.14. The van der Waals surface area contributed by atoms with Crippen LogP contribution in [0.5, 0.6) is 0 Å². The lowest BCUT2D eigenvalue weighted by Crippen LogP contribution is -2.36. The first kappa shape index (κ1) is 21.1. The van der Waals surface area contributed by atoms with Crippen LogP contribution in [-0.4, -0.2) is 42.9 Å². The van der Waals surface area contributed by atoms with Crippen molar-refractivity contribution in [1.29, 1.82) is 0 Å². The summed E-state index contributed by atoms with van der Waals surface area (Å²) in [7, 11) is 0. The molecule has 0 saturated carbocycles. The molecule has 0 atom stereocenters. The molecule has 0 aromatic heterocycles. The van der Waals surface area contributed by atoms with Gasteiger partial charge in [-0.05, 0) is 28.8 Å². The van der Waals surface area contributed by atoms with Crippen molar-refractivity contribution in [1.82, 2.24) is 10.2 Å². The molecule has 0 bridgehead atoms. The average Bonchev–Trinajstić information content (AvgIpc) is 2.70. The van der Waals surface area contributed by atoms with Crippen LogP contribution in [0.3, 0.4) is 0 Å². The maximum absolute atomic E-state index is 13.8. The van der Waals surface area contributed by atoms with E-state index in [4.69, 9.17) is 16.3 Å². The second-order valence-electron chi connectivity index (χ2n) is 6.66. The van der Waals surface area contributed by atoms with Gasteiger partial charge in [0.05, 0.1) is 19.0 Å². The molecule has 4 nitrogen and oxygen atoms in total. The van der Waals surface area contributed by atoms with Gasteiger partial charge in [0.1, 0.15) is 5.82 Å². The normalized spacial score (nSPS) is 14.8. The number of halogens is 2. The quantitative estimate of drug-likeness (QED) is 0.701. The molecule has 1 amide bonds. The van der Waals surface area contributed by atoms with Gasteiger partial charge in [0.15, 0.2) is 0 Å². The molecule has 0 aliphatic carbocycles. The van der Waals surface area contributed by atoms with Crippen molar-refractivity contribution >= 4 is 29.3 Å². The molecule has 0 spiro atoms. The Kier molecular flexibility index (Phi) is 8.15. The molecule has 2 aromatic carbocycles. The van der Waals surface area contributed by atoms with Crippen LogP contribution < -0.4 is 5.32 Å². The second-order valence-corrected chi connectivity index (χ2v) is 8.08. The maximum atomic E-state index is 13.8. The van der Waals surface area contributed by atoms with Gasteiger partial charge >= 0.3 is 0 Å². The molecule has 150 valence electrons. The molecule has 1 N–H and O–H groups in total. The van der Waals surface area contributed by atoms with E-state index in [-0.39, 0.29) is 17.5 Å². The lowest BCUT2D eigenvalue weighted by molar-refractivity contribution is -0.118. The molecule has 1 aliphatic heterocycles. The van der Waals surface area contributed by atoms with Crippen molar-refractivity contribution in [3.63, 3.8) is 0 Å². The van der Waals surface area contributed by atoms with Crippen LogP contribution in [0.2, 0.25) is 5.02 Å². The number of benzene rings is 2. The third kappa shape index (κ3) is 6.48. The smallest absolute Gasteiger partial charge is 0.230 e. The van der Waals surface area contributed by atoms with Crippen LogP contribution in [0.25, 0.3) is 0 Å². The lowest BCUT2D eigenvalue weighted by atomic mass is 10.1. The summed E-state index contributed by atoms with van der Waals surface area (Å²) in [6.07, 6.45) is 0. The number of nitrogens with one attached hydrogen (secondary N) is 1. The minimum absolute atomic E-state index is 0.0550. The fourth-order valence-corrected chi connectivity index (χ4v) is 4.02. The standard InChI is InChI=1S/C21H24ClFN2O2S/c22-19-6-5-18(20(23)11-19)14-28-15-21(26)24-12-16-3-1-2-4-17(16)13-25-7-9-27-10-8-25/h1-6,11H,7-10,12-15H2,(H,24,26). The zero-order valence-corrected chi connectivity index (χ0v) is 17.2. The van der Waals surface area contributed by atoms with E-state index in [1.807, 2.05) is 18.2 Å². The summed E-state index contributed by atoms with van der Waals surface area (Å²) < 4.78 is 19.2. The minimum atomic E-state index is -0.336.